The van der Waals surface area contributed by atoms with Crippen molar-refractivity contribution < 1.29 is 9.47 Å². The van der Waals surface area contributed by atoms with Gasteiger partial charge in [0.2, 0.25) is 0 Å². The highest BCUT2D eigenvalue weighted by Crippen LogP contribution is 2.24. The SMILES string of the molecule is CCOCC(C)OCC(NC)c1ccc(C(C)(C)C)cc1. The summed E-state index contributed by atoms with van der Waals surface area (Å²) >= 11 is 0. The number of ether oxygens (including phenoxy) is 2. The fraction of sp³-hybridized carbons (Fsp3) is 0.667. The second-order valence-corrected chi connectivity index (χ2v) is 6.52. The van der Waals surface area contributed by atoms with Crippen molar-refractivity contribution in [2.24, 2.45) is 0 Å². The molecule has 0 heterocycles. The Balaban J connectivity index is 2.60. The van der Waals surface area contributed by atoms with Crippen LogP contribution in [0.3, 0.4) is 0 Å². The maximum Gasteiger partial charge on any atom is 0.0781 e. The van der Waals surface area contributed by atoms with E-state index in [1.165, 1.54) is 11.1 Å². The molecule has 1 rings (SSSR count). The van der Waals surface area contributed by atoms with Gasteiger partial charge in [-0.1, -0.05) is 45.0 Å². The number of hydrogen-bond donors (Lipinski definition) is 1. The van der Waals surface area contributed by atoms with Gasteiger partial charge in [0.05, 0.1) is 25.4 Å². The van der Waals surface area contributed by atoms with Gasteiger partial charge in [-0.3, -0.25) is 0 Å². The van der Waals surface area contributed by atoms with Crippen LogP contribution >= 0.6 is 0 Å². The predicted molar refractivity (Wildman–Crippen MR) is 88.8 cm³/mol. The zero-order chi connectivity index (χ0) is 15.9. The third-order valence-corrected chi connectivity index (χ3v) is 3.63. The quantitative estimate of drug-likeness (QED) is 0.793. The van der Waals surface area contributed by atoms with Crippen LogP contribution in [0.2, 0.25) is 0 Å². The highest BCUT2D eigenvalue weighted by atomic mass is 16.5. The Morgan fingerprint density at radius 2 is 1.71 bits per heavy atom. The minimum Gasteiger partial charge on any atom is -0.379 e. The Bertz CT molecular complexity index is 395. The average molecular weight is 293 g/mol. The van der Waals surface area contributed by atoms with Crippen molar-refractivity contribution in [1.82, 2.24) is 5.32 Å². The summed E-state index contributed by atoms with van der Waals surface area (Å²) in [6, 6.07) is 9.02. The Hall–Kier alpha value is -0.900. The molecule has 1 aromatic carbocycles. The summed E-state index contributed by atoms with van der Waals surface area (Å²) in [6.45, 7) is 12.8. The van der Waals surface area contributed by atoms with Crippen molar-refractivity contribution >= 4 is 0 Å². The van der Waals surface area contributed by atoms with Crippen LogP contribution in [0, 0.1) is 0 Å². The van der Waals surface area contributed by atoms with Crippen molar-refractivity contribution in [3.63, 3.8) is 0 Å². The number of nitrogens with one attached hydrogen (secondary N) is 1. The van der Waals surface area contributed by atoms with Gasteiger partial charge < -0.3 is 14.8 Å². The monoisotopic (exact) mass is 293 g/mol. The van der Waals surface area contributed by atoms with Crippen molar-refractivity contribution in [3.05, 3.63) is 35.4 Å². The Morgan fingerprint density at radius 3 is 2.19 bits per heavy atom. The van der Waals surface area contributed by atoms with Crippen LogP contribution in [0.25, 0.3) is 0 Å². The van der Waals surface area contributed by atoms with Gasteiger partial charge in [0.25, 0.3) is 0 Å². The van der Waals surface area contributed by atoms with Gasteiger partial charge in [-0.15, -0.1) is 0 Å². The minimum atomic E-state index is 0.120. The zero-order valence-electron chi connectivity index (χ0n) is 14.4. The van der Waals surface area contributed by atoms with Gasteiger partial charge in [0.1, 0.15) is 0 Å². The lowest BCUT2D eigenvalue weighted by Crippen LogP contribution is -2.26. The Morgan fingerprint density at radius 1 is 1.10 bits per heavy atom. The molecule has 0 aliphatic heterocycles. The summed E-state index contributed by atoms with van der Waals surface area (Å²) in [6.07, 6.45) is 0.120. The summed E-state index contributed by atoms with van der Waals surface area (Å²) in [5.41, 5.74) is 2.80. The summed E-state index contributed by atoms with van der Waals surface area (Å²) < 4.78 is 11.2. The van der Waals surface area contributed by atoms with E-state index >= 15 is 0 Å². The topological polar surface area (TPSA) is 30.5 Å². The first-order chi connectivity index (χ1) is 9.88. The Labute approximate surface area is 130 Å². The summed E-state index contributed by atoms with van der Waals surface area (Å²) in [4.78, 5) is 0. The number of benzene rings is 1. The van der Waals surface area contributed by atoms with Gasteiger partial charge in [-0.05, 0) is 37.4 Å². The fourth-order valence-electron chi connectivity index (χ4n) is 2.15. The summed E-state index contributed by atoms with van der Waals surface area (Å²) in [5.74, 6) is 0. The lowest BCUT2D eigenvalue weighted by atomic mass is 9.86. The second-order valence-electron chi connectivity index (χ2n) is 6.52. The van der Waals surface area contributed by atoms with Crippen molar-refractivity contribution in [2.75, 3.05) is 26.9 Å². The first-order valence-electron chi connectivity index (χ1n) is 7.85. The average Bonchev–Trinajstić information content (AvgIpc) is 2.45. The molecule has 0 aromatic heterocycles. The molecule has 21 heavy (non-hydrogen) atoms. The van der Waals surface area contributed by atoms with Gasteiger partial charge in [0, 0.05) is 6.61 Å². The molecule has 0 fully saturated rings. The minimum absolute atomic E-state index is 0.120. The lowest BCUT2D eigenvalue weighted by molar-refractivity contribution is -0.0110. The van der Waals surface area contributed by atoms with Crippen molar-refractivity contribution in [2.45, 2.75) is 52.2 Å². The Kier molecular flexibility index (Phi) is 7.36. The van der Waals surface area contributed by atoms with Crippen molar-refractivity contribution in [3.8, 4) is 0 Å². The first-order valence-corrected chi connectivity index (χ1v) is 7.85. The molecule has 0 amide bonds. The lowest BCUT2D eigenvalue weighted by Gasteiger charge is -2.22. The van der Waals surface area contributed by atoms with E-state index in [0.717, 1.165) is 6.61 Å². The fourth-order valence-corrected chi connectivity index (χ4v) is 2.15. The summed E-state index contributed by atoms with van der Waals surface area (Å²) in [7, 11) is 1.97. The van der Waals surface area contributed by atoms with E-state index in [0.29, 0.717) is 13.2 Å². The third kappa shape index (κ3) is 6.16. The predicted octanol–water partition coefficient (Wildman–Crippen LogP) is 3.69. The molecule has 2 atom stereocenters. The van der Waals surface area contributed by atoms with E-state index in [9.17, 15) is 0 Å². The highest BCUT2D eigenvalue weighted by Gasteiger charge is 2.15. The number of likely N-dealkylation sites (N-methyl/N-ethyl adjacent to an activating group) is 1. The zero-order valence-corrected chi connectivity index (χ0v) is 14.4. The normalized spacial score (nSPS) is 15.0. The van der Waals surface area contributed by atoms with Crippen LogP contribution < -0.4 is 5.32 Å². The molecule has 0 saturated heterocycles. The number of rotatable bonds is 8. The summed E-state index contributed by atoms with van der Waals surface area (Å²) in [5, 5.41) is 3.32. The van der Waals surface area contributed by atoms with Crippen LogP contribution in [-0.2, 0) is 14.9 Å². The van der Waals surface area contributed by atoms with Crippen LogP contribution in [0.4, 0.5) is 0 Å². The van der Waals surface area contributed by atoms with Gasteiger partial charge in [-0.25, -0.2) is 0 Å². The van der Waals surface area contributed by atoms with Gasteiger partial charge >= 0.3 is 0 Å². The van der Waals surface area contributed by atoms with E-state index in [4.69, 9.17) is 9.47 Å². The molecular weight excluding hydrogens is 262 g/mol. The molecule has 0 bridgehead atoms. The molecule has 3 heteroatoms. The molecule has 0 saturated carbocycles. The largest absolute Gasteiger partial charge is 0.379 e. The molecule has 2 unspecified atom stereocenters. The van der Waals surface area contributed by atoms with Crippen LogP contribution in [-0.4, -0.2) is 33.0 Å². The van der Waals surface area contributed by atoms with Crippen LogP contribution in [0.15, 0.2) is 24.3 Å². The molecule has 120 valence electrons. The van der Waals surface area contributed by atoms with E-state index in [-0.39, 0.29) is 17.6 Å². The maximum atomic E-state index is 5.86. The molecule has 3 nitrogen and oxygen atoms in total. The second kappa shape index (κ2) is 8.52. The molecule has 0 aliphatic rings. The van der Waals surface area contributed by atoms with Gasteiger partial charge in [-0.2, -0.15) is 0 Å². The van der Waals surface area contributed by atoms with Crippen LogP contribution in [0.1, 0.15) is 51.8 Å². The molecule has 1 aromatic rings. The molecule has 0 radical (unpaired) electrons. The van der Waals surface area contributed by atoms with E-state index in [2.05, 4.69) is 50.4 Å². The van der Waals surface area contributed by atoms with E-state index in [1.807, 2.05) is 20.9 Å². The third-order valence-electron chi connectivity index (χ3n) is 3.63. The number of hydrogen-bond acceptors (Lipinski definition) is 3. The van der Waals surface area contributed by atoms with Crippen molar-refractivity contribution in [1.29, 1.82) is 0 Å². The standard InChI is InChI=1S/C18H31NO2/c1-7-20-12-14(2)21-13-17(19-6)15-8-10-16(11-9-15)18(3,4)5/h8-11,14,17,19H,7,12-13H2,1-6H3. The van der Waals surface area contributed by atoms with Crippen LogP contribution in [0.5, 0.6) is 0 Å². The highest BCUT2D eigenvalue weighted by molar-refractivity contribution is 5.29. The van der Waals surface area contributed by atoms with E-state index in [1.54, 1.807) is 0 Å². The maximum absolute atomic E-state index is 5.86. The molecular formula is C18H31NO2. The molecule has 0 spiro atoms. The molecule has 1 N–H and O–H groups in total. The first kappa shape index (κ1) is 18.1. The molecule has 0 aliphatic carbocycles. The smallest absolute Gasteiger partial charge is 0.0781 e. The van der Waals surface area contributed by atoms with E-state index < -0.39 is 0 Å². The van der Waals surface area contributed by atoms with Gasteiger partial charge in [0.15, 0.2) is 0 Å².